The number of carbonyl (C=O) groups excluding carboxylic acids is 3. The molecule has 1 saturated heterocycles. The Morgan fingerprint density at radius 3 is 2.14 bits per heavy atom. The third-order valence-corrected chi connectivity index (χ3v) is 5.73. The number of imide groups is 1. The molecule has 0 radical (unpaired) electrons. The van der Waals surface area contributed by atoms with Crippen LogP contribution in [0.4, 0.5) is 0 Å². The maximum atomic E-state index is 12.4. The van der Waals surface area contributed by atoms with E-state index in [1.807, 2.05) is 0 Å². The van der Waals surface area contributed by atoms with Crippen molar-refractivity contribution in [3.05, 3.63) is 35.4 Å². The molecule has 3 amide bonds. The lowest BCUT2D eigenvalue weighted by molar-refractivity contribution is -0.121. The predicted octanol–water partition coefficient (Wildman–Crippen LogP) is 1.06. The molecule has 1 N–H and O–H groups in total. The van der Waals surface area contributed by atoms with Crippen molar-refractivity contribution in [2.45, 2.75) is 26.3 Å². The van der Waals surface area contributed by atoms with Crippen LogP contribution in [0, 0.1) is 5.92 Å². The lowest BCUT2D eigenvalue weighted by Gasteiger charge is -2.40. The van der Waals surface area contributed by atoms with Gasteiger partial charge >= 0.3 is 0 Å². The van der Waals surface area contributed by atoms with Crippen LogP contribution in [0.3, 0.4) is 0 Å². The molecule has 7 nitrogen and oxygen atoms in total. The van der Waals surface area contributed by atoms with Gasteiger partial charge in [0.05, 0.1) is 11.1 Å². The normalized spacial score (nSPS) is 19.2. The van der Waals surface area contributed by atoms with Crippen molar-refractivity contribution in [3.63, 3.8) is 0 Å². The molecular weight excluding hydrogens is 356 g/mol. The minimum Gasteiger partial charge on any atom is -0.354 e. The van der Waals surface area contributed by atoms with Gasteiger partial charge in [-0.2, -0.15) is 0 Å². The number of hydrogen-bond acceptors (Lipinski definition) is 5. The lowest BCUT2D eigenvalue weighted by Crippen LogP contribution is -2.54. The van der Waals surface area contributed by atoms with Crippen molar-refractivity contribution >= 4 is 17.7 Å². The van der Waals surface area contributed by atoms with Crippen LogP contribution in [0.1, 0.15) is 41.0 Å². The fourth-order valence-electron chi connectivity index (χ4n) is 3.90. The van der Waals surface area contributed by atoms with Crippen molar-refractivity contribution in [1.82, 2.24) is 20.0 Å². The van der Waals surface area contributed by atoms with E-state index in [-0.39, 0.29) is 36.7 Å². The summed E-state index contributed by atoms with van der Waals surface area (Å²) in [7, 11) is 2.13. The van der Waals surface area contributed by atoms with E-state index in [0.29, 0.717) is 23.6 Å². The topological polar surface area (TPSA) is 73.0 Å². The average molecular weight is 386 g/mol. The van der Waals surface area contributed by atoms with Crippen LogP contribution in [0.5, 0.6) is 0 Å². The molecule has 2 aliphatic heterocycles. The lowest BCUT2D eigenvalue weighted by atomic mass is 10.0. The summed E-state index contributed by atoms with van der Waals surface area (Å²) in [6, 6.07) is 7.07. The molecule has 7 heteroatoms. The zero-order valence-corrected chi connectivity index (χ0v) is 17.0. The van der Waals surface area contributed by atoms with E-state index in [4.69, 9.17) is 0 Å². The van der Waals surface area contributed by atoms with Gasteiger partial charge in [-0.05, 0) is 25.1 Å². The van der Waals surface area contributed by atoms with Gasteiger partial charge in [-0.15, -0.1) is 0 Å². The standard InChI is InChI=1S/C21H30N4O3/c1-15(2)18(24-12-10-23(3)11-13-24)14-22-19(26)8-9-25-20(27)16-6-4-5-7-17(16)21(25)28/h4-7,15,18H,8-14H2,1-3H3,(H,22,26). The molecule has 0 aliphatic carbocycles. The summed E-state index contributed by atoms with van der Waals surface area (Å²) in [6.45, 7) is 9.13. The first-order valence-electron chi connectivity index (χ1n) is 10.0. The zero-order valence-electron chi connectivity index (χ0n) is 17.0. The number of nitrogens with one attached hydrogen (secondary N) is 1. The Morgan fingerprint density at radius 1 is 1.04 bits per heavy atom. The minimum atomic E-state index is -0.314. The molecular formula is C21H30N4O3. The van der Waals surface area contributed by atoms with Gasteiger partial charge < -0.3 is 10.2 Å². The molecule has 1 fully saturated rings. The summed E-state index contributed by atoms with van der Waals surface area (Å²) in [6.07, 6.45) is 0.124. The number of fused-ring (bicyclic) bond motifs is 1. The van der Waals surface area contributed by atoms with Gasteiger partial charge in [0, 0.05) is 51.7 Å². The van der Waals surface area contributed by atoms with Gasteiger partial charge in [0.25, 0.3) is 11.8 Å². The SMILES string of the molecule is CC(C)C(CNC(=O)CCN1C(=O)c2ccccc2C1=O)N1CCN(C)CC1. The number of carbonyl (C=O) groups is 3. The molecule has 3 rings (SSSR count). The van der Waals surface area contributed by atoms with E-state index in [1.54, 1.807) is 24.3 Å². The third kappa shape index (κ3) is 4.42. The van der Waals surface area contributed by atoms with Crippen molar-refractivity contribution < 1.29 is 14.4 Å². The monoisotopic (exact) mass is 386 g/mol. The molecule has 0 saturated carbocycles. The number of likely N-dealkylation sites (N-methyl/N-ethyl adjacent to an activating group) is 1. The first-order valence-corrected chi connectivity index (χ1v) is 10.0. The van der Waals surface area contributed by atoms with Crippen LogP contribution in [0.15, 0.2) is 24.3 Å². The number of rotatable bonds is 7. The Morgan fingerprint density at radius 2 is 1.61 bits per heavy atom. The van der Waals surface area contributed by atoms with Crippen molar-refractivity contribution in [1.29, 1.82) is 0 Å². The molecule has 1 atom stereocenters. The highest BCUT2D eigenvalue weighted by atomic mass is 16.2. The quantitative estimate of drug-likeness (QED) is 0.710. The third-order valence-electron chi connectivity index (χ3n) is 5.73. The molecule has 28 heavy (non-hydrogen) atoms. The molecule has 0 spiro atoms. The summed E-state index contributed by atoms with van der Waals surface area (Å²) in [5, 5.41) is 3.00. The molecule has 1 aromatic rings. The second-order valence-electron chi connectivity index (χ2n) is 8.01. The van der Waals surface area contributed by atoms with E-state index >= 15 is 0 Å². The predicted molar refractivity (Wildman–Crippen MR) is 107 cm³/mol. The molecule has 2 aliphatic rings. The summed E-state index contributed by atoms with van der Waals surface area (Å²) in [5.74, 6) is -0.326. The minimum absolute atomic E-state index is 0.110. The Balaban J connectivity index is 1.49. The van der Waals surface area contributed by atoms with E-state index in [9.17, 15) is 14.4 Å². The second-order valence-corrected chi connectivity index (χ2v) is 8.01. The van der Waals surface area contributed by atoms with Gasteiger partial charge in [0.1, 0.15) is 0 Å². The van der Waals surface area contributed by atoms with Crippen LogP contribution in [-0.4, -0.2) is 84.8 Å². The number of benzene rings is 1. The largest absolute Gasteiger partial charge is 0.354 e. The summed E-state index contributed by atoms with van der Waals surface area (Å²) < 4.78 is 0. The van der Waals surface area contributed by atoms with Gasteiger partial charge in [0.15, 0.2) is 0 Å². The van der Waals surface area contributed by atoms with Crippen LogP contribution in [-0.2, 0) is 4.79 Å². The highest BCUT2D eigenvalue weighted by molar-refractivity contribution is 6.21. The van der Waals surface area contributed by atoms with Gasteiger partial charge in [-0.3, -0.25) is 24.2 Å². The van der Waals surface area contributed by atoms with Gasteiger partial charge in [-0.25, -0.2) is 0 Å². The zero-order chi connectivity index (χ0) is 20.3. The van der Waals surface area contributed by atoms with E-state index < -0.39 is 0 Å². The average Bonchev–Trinajstić information content (AvgIpc) is 2.92. The van der Waals surface area contributed by atoms with Crippen molar-refractivity contribution in [3.8, 4) is 0 Å². The molecule has 2 heterocycles. The molecule has 1 aromatic carbocycles. The van der Waals surface area contributed by atoms with E-state index in [0.717, 1.165) is 26.2 Å². The van der Waals surface area contributed by atoms with E-state index in [1.165, 1.54) is 4.90 Å². The summed E-state index contributed by atoms with van der Waals surface area (Å²) in [4.78, 5) is 43.0. The van der Waals surface area contributed by atoms with Crippen molar-refractivity contribution in [2.24, 2.45) is 5.92 Å². The first-order chi connectivity index (χ1) is 13.4. The van der Waals surface area contributed by atoms with E-state index in [2.05, 4.69) is 36.0 Å². The maximum absolute atomic E-state index is 12.4. The summed E-state index contributed by atoms with van der Waals surface area (Å²) in [5.41, 5.74) is 0.839. The summed E-state index contributed by atoms with van der Waals surface area (Å²) >= 11 is 0. The molecule has 152 valence electrons. The fraction of sp³-hybridized carbons (Fsp3) is 0.571. The molecule has 0 bridgehead atoms. The number of amides is 3. The van der Waals surface area contributed by atoms with Gasteiger partial charge in [-0.1, -0.05) is 26.0 Å². The Kier molecular flexibility index (Phi) is 6.46. The maximum Gasteiger partial charge on any atom is 0.261 e. The number of hydrogen-bond donors (Lipinski definition) is 1. The smallest absolute Gasteiger partial charge is 0.261 e. The van der Waals surface area contributed by atoms with Crippen LogP contribution in [0.25, 0.3) is 0 Å². The molecule has 0 aromatic heterocycles. The van der Waals surface area contributed by atoms with Crippen LogP contribution < -0.4 is 5.32 Å². The van der Waals surface area contributed by atoms with Crippen LogP contribution >= 0.6 is 0 Å². The number of piperazine rings is 1. The number of nitrogens with zero attached hydrogens (tertiary/aromatic N) is 3. The highest BCUT2D eigenvalue weighted by Gasteiger charge is 2.35. The van der Waals surface area contributed by atoms with Crippen LogP contribution in [0.2, 0.25) is 0 Å². The highest BCUT2D eigenvalue weighted by Crippen LogP contribution is 2.22. The van der Waals surface area contributed by atoms with Crippen molar-refractivity contribution in [2.75, 3.05) is 46.3 Å². The Bertz CT molecular complexity index is 706. The Hall–Kier alpha value is -2.25. The second kappa shape index (κ2) is 8.84. The van der Waals surface area contributed by atoms with Gasteiger partial charge in [0.2, 0.25) is 5.91 Å². The Labute approximate surface area is 166 Å². The first kappa shape index (κ1) is 20.5. The fourth-order valence-corrected chi connectivity index (χ4v) is 3.90. The molecule has 1 unspecified atom stereocenters.